The summed E-state index contributed by atoms with van der Waals surface area (Å²) >= 11 is 0. The van der Waals surface area contributed by atoms with Crippen LogP contribution in [0.1, 0.15) is 51.4 Å². The van der Waals surface area contributed by atoms with Crippen LogP contribution in [0, 0.1) is 5.92 Å². The molecule has 0 aromatic carbocycles. The smallest absolute Gasteiger partial charge is 0.240 e. The van der Waals surface area contributed by atoms with Crippen molar-refractivity contribution < 1.29 is 4.79 Å². The average Bonchev–Trinajstić information content (AvgIpc) is 2.85. The quantitative estimate of drug-likeness (QED) is 0.800. The molecule has 2 saturated carbocycles. The van der Waals surface area contributed by atoms with Gasteiger partial charge in [0, 0.05) is 6.54 Å². The Morgan fingerprint density at radius 1 is 1.19 bits per heavy atom. The first-order valence-electron chi connectivity index (χ1n) is 6.28. The average molecular weight is 247 g/mol. The predicted molar refractivity (Wildman–Crippen MR) is 67.6 cm³/mol. The molecule has 2 rings (SSSR count). The van der Waals surface area contributed by atoms with Crippen molar-refractivity contribution in [3.63, 3.8) is 0 Å². The third-order valence-corrected chi connectivity index (χ3v) is 3.97. The molecule has 0 aromatic heterocycles. The van der Waals surface area contributed by atoms with Gasteiger partial charge < -0.3 is 11.1 Å². The van der Waals surface area contributed by atoms with Crippen LogP contribution in [0.3, 0.4) is 0 Å². The lowest BCUT2D eigenvalue weighted by Gasteiger charge is -2.23. The van der Waals surface area contributed by atoms with Crippen molar-refractivity contribution in [2.45, 2.75) is 56.9 Å². The zero-order valence-corrected chi connectivity index (χ0v) is 10.7. The zero-order valence-electron chi connectivity index (χ0n) is 9.84. The highest BCUT2D eigenvalue weighted by molar-refractivity contribution is 5.86. The number of nitrogens with two attached hydrogens (primary N) is 1. The van der Waals surface area contributed by atoms with E-state index in [0.29, 0.717) is 5.92 Å². The Bertz CT molecular complexity index is 233. The number of carbonyl (C=O) groups excluding carboxylic acids is 1. The molecule has 0 atom stereocenters. The highest BCUT2D eigenvalue weighted by atomic mass is 35.5. The van der Waals surface area contributed by atoms with Gasteiger partial charge in [0.1, 0.15) is 0 Å². The summed E-state index contributed by atoms with van der Waals surface area (Å²) in [5.74, 6) is 0.797. The molecule has 0 spiro atoms. The maximum atomic E-state index is 11.9. The molecule has 94 valence electrons. The third-order valence-electron chi connectivity index (χ3n) is 3.97. The summed E-state index contributed by atoms with van der Waals surface area (Å²) in [6.45, 7) is 0.845. The number of rotatable bonds is 3. The molecule has 0 aromatic rings. The molecule has 3 N–H and O–H groups in total. The molecule has 2 fully saturated rings. The van der Waals surface area contributed by atoms with Gasteiger partial charge in [-0.1, -0.05) is 25.7 Å². The predicted octanol–water partition coefficient (Wildman–Crippen LogP) is 1.99. The Kier molecular flexibility index (Phi) is 5.06. The summed E-state index contributed by atoms with van der Waals surface area (Å²) in [4.78, 5) is 11.9. The SMILES string of the molecule is Cl.NC1(C(=O)NCC2CCCC2)CCCC1. The van der Waals surface area contributed by atoms with E-state index in [9.17, 15) is 4.79 Å². The number of hydrogen-bond acceptors (Lipinski definition) is 2. The Hall–Kier alpha value is -0.280. The van der Waals surface area contributed by atoms with E-state index in [0.717, 1.165) is 32.2 Å². The molecule has 2 aliphatic rings. The minimum absolute atomic E-state index is 0. The Labute approximate surface area is 104 Å². The first kappa shape index (κ1) is 13.8. The van der Waals surface area contributed by atoms with Crippen LogP contribution in [0.5, 0.6) is 0 Å². The van der Waals surface area contributed by atoms with Gasteiger partial charge in [-0.15, -0.1) is 12.4 Å². The maximum Gasteiger partial charge on any atom is 0.240 e. The van der Waals surface area contributed by atoms with E-state index in [4.69, 9.17) is 5.73 Å². The van der Waals surface area contributed by atoms with Crippen LogP contribution in [0.4, 0.5) is 0 Å². The molecule has 1 amide bonds. The van der Waals surface area contributed by atoms with Gasteiger partial charge in [0.2, 0.25) is 5.91 Å². The second-order valence-electron chi connectivity index (χ2n) is 5.22. The third kappa shape index (κ3) is 3.11. The van der Waals surface area contributed by atoms with E-state index in [2.05, 4.69) is 5.32 Å². The molecule has 0 bridgehead atoms. The van der Waals surface area contributed by atoms with Crippen molar-refractivity contribution in [1.29, 1.82) is 0 Å². The molecule has 4 heteroatoms. The molecule has 0 unspecified atom stereocenters. The fraction of sp³-hybridized carbons (Fsp3) is 0.917. The van der Waals surface area contributed by atoms with Crippen molar-refractivity contribution in [3.8, 4) is 0 Å². The number of amides is 1. The van der Waals surface area contributed by atoms with Crippen LogP contribution in [0.25, 0.3) is 0 Å². The molecule has 2 aliphatic carbocycles. The van der Waals surface area contributed by atoms with Gasteiger partial charge >= 0.3 is 0 Å². The first-order valence-corrected chi connectivity index (χ1v) is 6.28. The highest BCUT2D eigenvalue weighted by Gasteiger charge is 2.36. The number of carbonyl (C=O) groups is 1. The molecule has 0 radical (unpaired) electrons. The minimum Gasteiger partial charge on any atom is -0.354 e. The molecule has 3 nitrogen and oxygen atoms in total. The van der Waals surface area contributed by atoms with Crippen LogP contribution in [-0.4, -0.2) is 18.0 Å². The standard InChI is InChI=1S/C12H22N2O.ClH/c13-12(7-3-4-8-12)11(15)14-9-10-5-1-2-6-10;/h10H,1-9,13H2,(H,14,15);1H. The van der Waals surface area contributed by atoms with E-state index < -0.39 is 5.54 Å². The van der Waals surface area contributed by atoms with E-state index in [1.54, 1.807) is 0 Å². The normalized spacial score (nSPS) is 24.1. The largest absolute Gasteiger partial charge is 0.354 e. The lowest BCUT2D eigenvalue weighted by molar-refractivity contribution is -0.126. The van der Waals surface area contributed by atoms with Gasteiger partial charge in [-0.3, -0.25) is 4.79 Å². The van der Waals surface area contributed by atoms with Gasteiger partial charge in [0.25, 0.3) is 0 Å². The Morgan fingerprint density at radius 3 is 2.31 bits per heavy atom. The Balaban J connectivity index is 0.00000128. The highest BCUT2D eigenvalue weighted by Crippen LogP contribution is 2.28. The molecule has 16 heavy (non-hydrogen) atoms. The van der Waals surface area contributed by atoms with Crippen LogP contribution >= 0.6 is 12.4 Å². The van der Waals surface area contributed by atoms with Gasteiger partial charge in [-0.25, -0.2) is 0 Å². The summed E-state index contributed by atoms with van der Waals surface area (Å²) in [6, 6.07) is 0. The van der Waals surface area contributed by atoms with Crippen molar-refractivity contribution >= 4 is 18.3 Å². The molecule has 0 saturated heterocycles. The lowest BCUT2D eigenvalue weighted by atomic mass is 9.97. The molecular weight excluding hydrogens is 224 g/mol. The molecule has 0 heterocycles. The second kappa shape index (κ2) is 5.87. The fourth-order valence-corrected chi connectivity index (χ4v) is 2.86. The monoisotopic (exact) mass is 246 g/mol. The summed E-state index contributed by atoms with van der Waals surface area (Å²) < 4.78 is 0. The lowest BCUT2D eigenvalue weighted by Crippen LogP contribution is -2.52. The van der Waals surface area contributed by atoms with E-state index in [-0.39, 0.29) is 18.3 Å². The van der Waals surface area contributed by atoms with Crippen LogP contribution in [0.15, 0.2) is 0 Å². The first-order chi connectivity index (χ1) is 7.21. The van der Waals surface area contributed by atoms with E-state index in [1.165, 1.54) is 25.7 Å². The van der Waals surface area contributed by atoms with Gasteiger partial charge in [0.15, 0.2) is 0 Å². The summed E-state index contributed by atoms with van der Waals surface area (Å²) in [6.07, 6.45) is 9.14. The number of nitrogens with one attached hydrogen (secondary N) is 1. The van der Waals surface area contributed by atoms with Gasteiger partial charge in [-0.2, -0.15) is 0 Å². The summed E-state index contributed by atoms with van der Waals surface area (Å²) in [5.41, 5.74) is 5.53. The molecule has 0 aliphatic heterocycles. The van der Waals surface area contributed by atoms with Gasteiger partial charge in [0.05, 0.1) is 5.54 Å². The van der Waals surface area contributed by atoms with Crippen molar-refractivity contribution in [3.05, 3.63) is 0 Å². The van der Waals surface area contributed by atoms with Crippen LogP contribution in [-0.2, 0) is 4.79 Å². The topological polar surface area (TPSA) is 55.1 Å². The van der Waals surface area contributed by atoms with Crippen LogP contribution < -0.4 is 11.1 Å². The summed E-state index contributed by atoms with van der Waals surface area (Å²) in [5, 5.41) is 3.04. The van der Waals surface area contributed by atoms with Crippen molar-refractivity contribution in [1.82, 2.24) is 5.32 Å². The zero-order chi connectivity index (χ0) is 10.7. The van der Waals surface area contributed by atoms with E-state index >= 15 is 0 Å². The maximum absolute atomic E-state index is 11.9. The minimum atomic E-state index is -0.543. The summed E-state index contributed by atoms with van der Waals surface area (Å²) in [7, 11) is 0. The second-order valence-corrected chi connectivity index (χ2v) is 5.22. The fourth-order valence-electron chi connectivity index (χ4n) is 2.86. The van der Waals surface area contributed by atoms with Crippen molar-refractivity contribution in [2.75, 3.05) is 6.54 Å². The van der Waals surface area contributed by atoms with E-state index in [1.807, 2.05) is 0 Å². The van der Waals surface area contributed by atoms with Crippen LogP contribution in [0.2, 0.25) is 0 Å². The Morgan fingerprint density at radius 2 is 1.75 bits per heavy atom. The van der Waals surface area contributed by atoms with Crippen molar-refractivity contribution in [2.24, 2.45) is 11.7 Å². The number of hydrogen-bond donors (Lipinski definition) is 2. The number of halogens is 1. The molecular formula is C12H23ClN2O. The van der Waals surface area contributed by atoms with Gasteiger partial charge in [-0.05, 0) is 31.6 Å².